The average molecular weight is 236 g/mol. The monoisotopic (exact) mass is 235 g/mol. The first-order valence-electron chi connectivity index (χ1n) is 4.97. The number of hydrogen-bond acceptors (Lipinski definition) is 1. The molecule has 0 saturated heterocycles. The minimum Gasteiger partial charge on any atom is -0.340 e. The Morgan fingerprint density at radius 2 is 2.12 bits per heavy atom. The molecule has 84 valence electrons. The Bertz CT molecular complexity index is 432. The fourth-order valence-corrected chi connectivity index (χ4v) is 1.45. The lowest BCUT2D eigenvalue weighted by atomic mass is 10.1. The third kappa shape index (κ3) is 3.60. The maximum absolute atomic E-state index is 11.7. The number of amides is 1. The smallest absolute Gasteiger partial charge is 0.225 e. The largest absolute Gasteiger partial charge is 0.340 e. The number of carbonyl (C=O) groups excluding carboxylic acids is 1. The van der Waals surface area contributed by atoms with E-state index in [2.05, 4.69) is 11.2 Å². The van der Waals surface area contributed by atoms with E-state index in [9.17, 15) is 4.79 Å². The zero-order chi connectivity index (χ0) is 12.2. The number of halogens is 1. The minimum atomic E-state index is -0.627. The molecule has 0 aliphatic carbocycles. The summed E-state index contributed by atoms with van der Waals surface area (Å²) in [6.07, 6.45) is 5.53. The number of carbonyl (C=O) groups is 1. The summed E-state index contributed by atoms with van der Waals surface area (Å²) in [5.41, 5.74) is 0.174. The van der Waals surface area contributed by atoms with Gasteiger partial charge in [0.05, 0.1) is 12.0 Å². The highest BCUT2D eigenvalue weighted by atomic mass is 35.5. The van der Waals surface area contributed by atoms with Crippen LogP contribution in [0.15, 0.2) is 24.3 Å². The minimum absolute atomic E-state index is 0.129. The molecule has 0 aromatic heterocycles. The van der Waals surface area contributed by atoms with Gasteiger partial charge in [-0.25, -0.2) is 0 Å². The van der Waals surface area contributed by atoms with Crippen LogP contribution in [0.5, 0.6) is 0 Å². The maximum Gasteiger partial charge on any atom is 0.225 e. The van der Waals surface area contributed by atoms with Crippen LogP contribution in [-0.2, 0) is 11.2 Å². The number of hydrogen-bond donors (Lipinski definition) is 1. The van der Waals surface area contributed by atoms with Gasteiger partial charge < -0.3 is 5.32 Å². The molecule has 1 aromatic carbocycles. The van der Waals surface area contributed by atoms with Crippen molar-refractivity contribution in [1.29, 1.82) is 0 Å². The molecule has 0 fully saturated rings. The third-order valence-electron chi connectivity index (χ3n) is 2.12. The highest BCUT2D eigenvalue weighted by Gasteiger charge is 2.17. The van der Waals surface area contributed by atoms with Crippen molar-refractivity contribution in [2.45, 2.75) is 25.8 Å². The van der Waals surface area contributed by atoms with Crippen molar-refractivity contribution in [3.8, 4) is 12.3 Å². The summed E-state index contributed by atoms with van der Waals surface area (Å²) in [6, 6.07) is 7.26. The Morgan fingerprint density at radius 1 is 1.50 bits per heavy atom. The van der Waals surface area contributed by atoms with Gasteiger partial charge in [0.1, 0.15) is 0 Å². The van der Waals surface area contributed by atoms with E-state index in [0.717, 1.165) is 5.56 Å². The van der Waals surface area contributed by atoms with Crippen LogP contribution in [0.3, 0.4) is 0 Å². The molecule has 0 spiro atoms. The normalized spacial score (nSPS) is 10.6. The van der Waals surface area contributed by atoms with Crippen LogP contribution in [0.2, 0.25) is 5.02 Å². The molecule has 16 heavy (non-hydrogen) atoms. The van der Waals surface area contributed by atoms with E-state index in [0.29, 0.717) is 5.02 Å². The summed E-state index contributed by atoms with van der Waals surface area (Å²) in [6.45, 7) is 3.55. The van der Waals surface area contributed by atoms with Gasteiger partial charge in [0.15, 0.2) is 0 Å². The van der Waals surface area contributed by atoms with Crippen molar-refractivity contribution in [3.63, 3.8) is 0 Å². The van der Waals surface area contributed by atoms with Gasteiger partial charge >= 0.3 is 0 Å². The van der Waals surface area contributed by atoms with E-state index in [1.165, 1.54) is 0 Å². The van der Waals surface area contributed by atoms with Crippen molar-refractivity contribution in [2.75, 3.05) is 0 Å². The topological polar surface area (TPSA) is 29.1 Å². The fraction of sp³-hybridized carbons (Fsp3) is 0.308. The Labute approximate surface area is 101 Å². The van der Waals surface area contributed by atoms with Gasteiger partial charge in [-0.2, -0.15) is 0 Å². The van der Waals surface area contributed by atoms with Crippen LogP contribution < -0.4 is 5.32 Å². The summed E-state index contributed by atoms with van der Waals surface area (Å²) in [4.78, 5) is 11.7. The van der Waals surface area contributed by atoms with Gasteiger partial charge in [0.2, 0.25) is 5.91 Å². The van der Waals surface area contributed by atoms with E-state index in [-0.39, 0.29) is 12.3 Å². The van der Waals surface area contributed by atoms with Crippen LogP contribution in [0.4, 0.5) is 0 Å². The van der Waals surface area contributed by atoms with Crippen LogP contribution in [0, 0.1) is 12.3 Å². The molecule has 2 nitrogen and oxygen atoms in total. The Morgan fingerprint density at radius 3 is 2.69 bits per heavy atom. The fourth-order valence-electron chi connectivity index (χ4n) is 1.24. The molecule has 0 radical (unpaired) electrons. The van der Waals surface area contributed by atoms with Crippen LogP contribution in [-0.4, -0.2) is 11.4 Å². The van der Waals surface area contributed by atoms with E-state index >= 15 is 0 Å². The first-order chi connectivity index (χ1) is 7.44. The van der Waals surface area contributed by atoms with Crippen molar-refractivity contribution >= 4 is 17.5 Å². The summed E-state index contributed by atoms with van der Waals surface area (Å²) in [5, 5.41) is 3.34. The predicted molar refractivity (Wildman–Crippen MR) is 66.2 cm³/mol. The van der Waals surface area contributed by atoms with Crippen molar-refractivity contribution in [1.82, 2.24) is 5.32 Å². The van der Waals surface area contributed by atoms with Gasteiger partial charge in [0, 0.05) is 5.02 Å². The van der Waals surface area contributed by atoms with Gasteiger partial charge in [-0.15, -0.1) is 6.42 Å². The molecule has 0 heterocycles. The molecule has 0 atom stereocenters. The van der Waals surface area contributed by atoms with Crippen LogP contribution >= 0.6 is 11.6 Å². The number of nitrogens with one attached hydrogen (secondary N) is 1. The summed E-state index contributed by atoms with van der Waals surface area (Å²) in [5.74, 6) is 2.38. The molecule has 0 aliphatic heterocycles. The van der Waals surface area contributed by atoms with E-state index < -0.39 is 5.54 Å². The highest BCUT2D eigenvalue weighted by Crippen LogP contribution is 2.15. The zero-order valence-corrected chi connectivity index (χ0v) is 10.1. The molecular weight excluding hydrogens is 222 g/mol. The van der Waals surface area contributed by atoms with Crippen molar-refractivity contribution < 1.29 is 4.79 Å². The number of benzene rings is 1. The molecule has 1 N–H and O–H groups in total. The molecule has 0 unspecified atom stereocenters. The van der Waals surface area contributed by atoms with Gasteiger partial charge in [-0.3, -0.25) is 4.79 Å². The van der Waals surface area contributed by atoms with Crippen LogP contribution in [0.1, 0.15) is 19.4 Å². The molecule has 0 aliphatic rings. The first-order valence-corrected chi connectivity index (χ1v) is 5.34. The van der Waals surface area contributed by atoms with E-state index in [4.69, 9.17) is 18.0 Å². The Kier molecular flexibility index (Phi) is 3.98. The molecule has 1 amide bonds. The van der Waals surface area contributed by atoms with Gasteiger partial charge in [-0.1, -0.05) is 35.7 Å². The zero-order valence-electron chi connectivity index (χ0n) is 9.38. The number of rotatable bonds is 3. The molecule has 0 bridgehead atoms. The lowest BCUT2D eigenvalue weighted by Crippen LogP contribution is -2.42. The molecule has 1 rings (SSSR count). The lowest BCUT2D eigenvalue weighted by Gasteiger charge is -2.19. The van der Waals surface area contributed by atoms with Gasteiger partial charge in [-0.05, 0) is 25.5 Å². The van der Waals surface area contributed by atoms with Gasteiger partial charge in [0.25, 0.3) is 0 Å². The summed E-state index contributed by atoms with van der Waals surface area (Å²) < 4.78 is 0. The SMILES string of the molecule is C#CC(C)(C)NC(=O)Cc1ccccc1Cl. The second-order valence-corrected chi connectivity index (χ2v) is 4.49. The van der Waals surface area contributed by atoms with Crippen molar-refractivity contribution in [2.24, 2.45) is 0 Å². The Hall–Kier alpha value is -1.46. The molecule has 1 aromatic rings. The molecular formula is C13H14ClNO. The molecule has 3 heteroatoms. The predicted octanol–water partition coefficient (Wildman–Crippen LogP) is 2.41. The lowest BCUT2D eigenvalue weighted by molar-refractivity contribution is -0.121. The van der Waals surface area contributed by atoms with Crippen molar-refractivity contribution in [3.05, 3.63) is 34.9 Å². The van der Waals surface area contributed by atoms with E-state index in [1.54, 1.807) is 19.9 Å². The summed E-state index contributed by atoms with van der Waals surface area (Å²) >= 11 is 5.95. The second kappa shape index (κ2) is 5.05. The first kappa shape index (κ1) is 12.6. The third-order valence-corrected chi connectivity index (χ3v) is 2.49. The Balaban J connectivity index is 2.67. The maximum atomic E-state index is 11.7. The molecule has 0 saturated carbocycles. The van der Waals surface area contributed by atoms with E-state index in [1.807, 2.05) is 18.2 Å². The van der Waals surface area contributed by atoms with Crippen LogP contribution in [0.25, 0.3) is 0 Å². The standard InChI is InChI=1S/C13H14ClNO/c1-4-13(2,3)15-12(16)9-10-7-5-6-8-11(10)14/h1,5-8H,9H2,2-3H3,(H,15,16). The quantitative estimate of drug-likeness (QED) is 0.801. The average Bonchev–Trinajstić information content (AvgIpc) is 2.21. The highest BCUT2D eigenvalue weighted by molar-refractivity contribution is 6.31. The summed E-state index contributed by atoms with van der Waals surface area (Å²) in [7, 11) is 0. The second-order valence-electron chi connectivity index (χ2n) is 4.09. The number of terminal acetylenes is 1.